The minimum absolute atomic E-state index is 0.182. The van der Waals surface area contributed by atoms with Crippen LogP contribution in [-0.4, -0.2) is 35.6 Å². The van der Waals surface area contributed by atoms with Crippen LogP contribution in [0.15, 0.2) is 0 Å². The van der Waals surface area contributed by atoms with Gasteiger partial charge in [-0.3, -0.25) is 9.69 Å². The zero-order valence-electron chi connectivity index (χ0n) is 9.62. The maximum atomic E-state index is 10.6. The lowest BCUT2D eigenvalue weighted by Crippen LogP contribution is -2.33. The van der Waals surface area contributed by atoms with Crippen LogP contribution in [0.1, 0.15) is 40.0 Å². The number of aliphatic carboxylic acids is 1. The Morgan fingerprint density at radius 2 is 2.00 bits per heavy atom. The van der Waals surface area contributed by atoms with Gasteiger partial charge in [0.25, 0.3) is 0 Å². The third kappa shape index (κ3) is 8.05. The summed E-state index contributed by atoms with van der Waals surface area (Å²) in [4.78, 5) is 12.6. The molecule has 0 amide bonds. The van der Waals surface area contributed by atoms with Crippen LogP contribution >= 0.6 is 0 Å². The molecule has 0 aliphatic heterocycles. The van der Waals surface area contributed by atoms with Crippen molar-refractivity contribution in [3.8, 4) is 0 Å². The fourth-order valence-electron chi connectivity index (χ4n) is 1.53. The highest BCUT2D eigenvalue weighted by molar-refractivity contribution is 5.69. The molecular weight excluding hydrogens is 178 g/mol. The van der Waals surface area contributed by atoms with Crippen molar-refractivity contribution in [3.63, 3.8) is 0 Å². The Labute approximate surface area is 87.1 Å². The Morgan fingerprint density at radius 3 is 2.43 bits per heavy atom. The minimum atomic E-state index is -0.720. The Balaban J connectivity index is 3.78. The first kappa shape index (κ1) is 13.4. The van der Waals surface area contributed by atoms with Crippen molar-refractivity contribution in [3.05, 3.63) is 0 Å². The van der Waals surface area contributed by atoms with Gasteiger partial charge in [-0.25, -0.2) is 0 Å². The molecule has 0 atom stereocenters. The molecule has 0 unspecified atom stereocenters. The van der Waals surface area contributed by atoms with Crippen LogP contribution < -0.4 is 0 Å². The van der Waals surface area contributed by atoms with Crippen molar-refractivity contribution < 1.29 is 9.90 Å². The Bertz CT molecular complexity index is 157. The lowest BCUT2D eigenvalue weighted by molar-refractivity contribution is -0.138. The fraction of sp³-hybridized carbons (Fsp3) is 0.909. The predicted molar refractivity (Wildman–Crippen MR) is 58.4 cm³/mol. The summed E-state index contributed by atoms with van der Waals surface area (Å²) in [5.41, 5.74) is 0. The smallest absolute Gasteiger partial charge is 0.317 e. The molecule has 0 saturated heterocycles. The molecule has 0 aliphatic carbocycles. The maximum absolute atomic E-state index is 10.6. The summed E-state index contributed by atoms with van der Waals surface area (Å²) in [5.74, 6) is -0.182. The summed E-state index contributed by atoms with van der Waals surface area (Å²) in [6, 6.07) is 0. The average Bonchev–Trinajstić information content (AvgIpc) is 2.02. The second-order valence-electron chi connectivity index (χ2n) is 4.23. The van der Waals surface area contributed by atoms with E-state index in [1.807, 2.05) is 4.90 Å². The highest BCUT2D eigenvalue weighted by atomic mass is 16.4. The molecule has 0 heterocycles. The van der Waals surface area contributed by atoms with E-state index in [0.717, 1.165) is 19.5 Å². The number of rotatable bonds is 8. The molecule has 0 bridgehead atoms. The van der Waals surface area contributed by atoms with Crippen LogP contribution in [0, 0.1) is 5.92 Å². The highest BCUT2D eigenvalue weighted by Gasteiger charge is 2.10. The van der Waals surface area contributed by atoms with Gasteiger partial charge in [0.1, 0.15) is 0 Å². The van der Waals surface area contributed by atoms with Gasteiger partial charge in [0, 0.05) is 6.54 Å². The first-order chi connectivity index (χ1) is 6.56. The number of carboxylic acid groups (broad SMARTS) is 1. The van der Waals surface area contributed by atoms with Gasteiger partial charge in [0.05, 0.1) is 6.54 Å². The summed E-state index contributed by atoms with van der Waals surface area (Å²) >= 11 is 0. The first-order valence-corrected chi connectivity index (χ1v) is 5.50. The van der Waals surface area contributed by atoms with Crippen molar-refractivity contribution in [2.75, 3.05) is 19.6 Å². The van der Waals surface area contributed by atoms with E-state index in [4.69, 9.17) is 5.11 Å². The zero-order chi connectivity index (χ0) is 11.0. The molecule has 0 saturated carbocycles. The van der Waals surface area contributed by atoms with Crippen LogP contribution in [0.3, 0.4) is 0 Å². The Kier molecular flexibility index (Phi) is 7.48. The molecule has 1 N–H and O–H groups in total. The van der Waals surface area contributed by atoms with Crippen LogP contribution in [0.25, 0.3) is 0 Å². The lowest BCUT2D eigenvalue weighted by Gasteiger charge is -2.21. The van der Waals surface area contributed by atoms with Gasteiger partial charge in [-0.1, -0.05) is 33.6 Å². The van der Waals surface area contributed by atoms with E-state index in [1.54, 1.807) is 0 Å². The monoisotopic (exact) mass is 201 g/mol. The molecule has 0 aromatic carbocycles. The summed E-state index contributed by atoms with van der Waals surface area (Å²) in [6.07, 6.45) is 3.48. The quantitative estimate of drug-likeness (QED) is 0.612. The number of hydrogen-bond acceptors (Lipinski definition) is 2. The molecule has 0 aliphatic rings. The van der Waals surface area contributed by atoms with Gasteiger partial charge in [-0.2, -0.15) is 0 Å². The van der Waals surface area contributed by atoms with Gasteiger partial charge in [0.2, 0.25) is 0 Å². The molecule has 3 nitrogen and oxygen atoms in total. The van der Waals surface area contributed by atoms with Gasteiger partial charge >= 0.3 is 5.97 Å². The fourth-order valence-corrected chi connectivity index (χ4v) is 1.53. The summed E-state index contributed by atoms with van der Waals surface area (Å²) in [5, 5.41) is 8.71. The molecule has 0 aromatic rings. The first-order valence-electron chi connectivity index (χ1n) is 5.50. The van der Waals surface area contributed by atoms with E-state index in [-0.39, 0.29) is 6.54 Å². The Morgan fingerprint density at radius 1 is 1.36 bits per heavy atom. The van der Waals surface area contributed by atoms with Crippen LogP contribution in [0.4, 0.5) is 0 Å². The lowest BCUT2D eigenvalue weighted by atomic mass is 10.2. The number of hydrogen-bond donors (Lipinski definition) is 1. The van der Waals surface area contributed by atoms with Gasteiger partial charge in [0.15, 0.2) is 0 Å². The topological polar surface area (TPSA) is 40.5 Å². The van der Waals surface area contributed by atoms with E-state index in [0.29, 0.717) is 5.92 Å². The van der Waals surface area contributed by atoms with Crippen molar-refractivity contribution in [2.24, 2.45) is 5.92 Å². The normalized spacial score (nSPS) is 11.2. The number of nitrogens with zero attached hydrogens (tertiary/aromatic N) is 1. The van der Waals surface area contributed by atoms with E-state index in [9.17, 15) is 4.79 Å². The molecule has 0 aromatic heterocycles. The standard InChI is InChI=1S/C11H23NO2/c1-4-5-6-7-12(8-10(2)3)9-11(13)14/h10H,4-9H2,1-3H3,(H,13,14). The summed E-state index contributed by atoms with van der Waals surface area (Å²) < 4.78 is 0. The molecule has 14 heavy (non-hydrogen) atoms. The van der Waals surface area contributed by atoms with Gasteiger partial charge < -0.3 is 5.11 Å². The van der Waals surface area contributed by atoms with E-state index < -0.39 is 5.97 Å². The van der Waals surface area contributed by atoms with Crippen molar-refractivity contribution in [1.82, 2.24) is 4.90 Å². The molecule has 0 radical (unpaired) electrons. The van der Waals surface area contributed by atoms with Crippen LogP contribution in [0.5, 0.6) is 0 Å². The second-order valence-corrected chi connectivity index (χ2v) is 4.23. The Hall–Kier alpha value is -0.570. The van der Waals surface area contributed by atoms with Crippen LogP contribution in [0.2, 0.25) is 0 Å². The highest BCUT2D eigenvalue weighted by Crippen LogP contribution is 2.02. The van der Waals surface area contributed by atoms with Crippen molar-refractivity contribution >= 4 is 5.97 Å². The van der Waals surface area contributed by atoms with Crippen molar-refractivity contribution in [1.29, 1.82) is 0 Å². The molecule has 84 valence electrons. The average molecular weight is 201 g/mol. The van der Waals surface area contributed by atoms with Crippen LogP contribution in [-0.2, 0) is 4.79 Å². The maximum Gasteiger partial charge on any atom is 0.317 e. The number of unbranched alkanes of at least 4 members (excludes halogenated alkanes) is 2. The van der Waals surface area contributed by atoms with Gasteiger partial charge in [-0.05, 0) is 18.9 Å². The SMILES string of the molecule is CCCCCN(CC(=O)O)CC(C)C. The molecule has 0 fully saturated rings. The minimum Gasteiger partial charge on any atom is -0.480 e. The summed E-state index contributed by atoms with van der Waals surface area (Å²) in [6.45, 7) is 8.38. The van der Waals surface area contributed by atoms with E-state index in [1.165, 1.54) is 12.8 Å². The number of carboxylic acids is 1. The van der Waals surface area contributed by atoms with E-state index in [2.05, 4.69) is 20.8 Å². The summed E-state index contributed by atoms with van der Waals surface area (Å²) in [7, 11) is 0. The van der Waals surface area contributed by atoms with Gasteiger partial charge in [-0.15, -0.1) is 0 Å². The molecule has 0 rings (SSSR count). The second kappa shape index (κ2) is 7.80. The molecule has 0 spiro atoms. The number of carbonyl (C=O) groups is 1. The molecular formula is C11H23NO2. The molecule has 3 heteroatoms. The zero-order valence-corrected chi connectivity index (χ0v) is 9.62. The largest absolute Gasteiger partial charge is 0.480 e. The third-order valence-corrected chi connectivity index (χ3v) is 2.06. The van der Waals surface area contributed by atoms with Crippen molar-refractivity contribution in [2.45, 2.75) is 40.0 Å². The third-order valence-electron chi connectivity index (χ3n) is 2.06. The van der Waals surface area contributed by atoms with E-state index >= 15 is 0 Å². The predicted octanol–water partition coefficient (Wildman–Crippen LogP) is 2.22.